The summed E-state index contributed by atoms with van der Waals surface area (Å²) in [6, 6.07) is 15.9. The van der Waals surface area contributed by atoms with Gasteiger partial charge in [0.25, 0.3) is 0 Å². The topological polar surface area (TPSA) is 67.8 Å². The van der Waals surface area contributed by atoms with Crippen molar-refractivity contribution in [3.05, 3.63) is 54.1 Å². The van der Waals surface area contributed by atoms with Gasteiger partial charge in [-0.15, -0.1) is 11.8 Å². The van der Waals surface area contributed by atoms with Crippen LogP contribution in [0.2, 0.25) is 0 Å². The van der Waals surface area contributed by atoms with Crippen LogP contribution in [-0.2, 0) is 16.0 Å². The Morgan fingerprint density at radius 3 is 2.78 bits per heavy atom. The maximum Gasteiger partial charge on any atom is 0.333 e. The summed E-state index contributed by atoms with van der Waals surface area (Å²) in [6.45, 7) is 3.78. The van der Waals surface area contributed by atoms with Crippen LogP contribution in [0.5, 0.6) is 5.75 Å². The fourth-order valence-corrected chi connectivity index (χ4v) is 4.15. The highest BCUT2D eigenvalue weighted by Gasteiger charge is 2.19. The van der Waals surface area contributed by atoms with E-state index in [0.29, 0.717) is 24.9 Å². The molecule has 6 heteroatoms. The van der Waals surface area contributed by atoms with Crippen molar-refractivity contribution in [3.63, 3.8) is 0 Å². The number of carboxylic acids is 1. The molecule has 0 saturated heterocycles. The zero-order valence-corrected chi connectivity index (χ0v) is 16.2. The van der Waals surface area contributed by atoms with Crippen LogP contribution in [-0.4, -0.2) is 42.2 Å². The van der Waals surface area contributed by atoms with Gasteiger partial charge >= 0.3 is 5.97 Å². The van der Waals surface area contributed by atoms with Crippen LogP contribution < -0.4 is 10.1 Å². The van der Waals surface area contributed by atoms with Gasteiger partial charge in [0, 0.05) is 35.4 Å². The number of benzene rings is 2. The minimum absolute atomic E-state index is 0.354. The van der Waals surface area contributed by atoms with Crippen molar-refractivity contribution in [1.29, 1.82) is 0 Å². The molecule has 2 aromatic carbocycles. The van der Waals surface area contributed by atoms with E-state index in [2.05, 4.69) is 23.5 Å². The molecule has 2 atom stereocenters. The summed E-state index contributed by atoms with van der Waals surface area (Å²) in [4.78, 5) is 12.5. The number of aliphatic carboxylic acids is 1. The molecule has 2 unspecified atom stereocenters. The van der Waals surface area contributed by atoms with Crippen LogP contribution in [0.1, 0.15) is 18.9 Å². The second-order valence-electron chi connectivity index (χ2n) is 6.38. The summed E-state index contributed by atoms with van der Waals surface area (Å²) in [5, 5.41) is 13.1. The molecular weight excluding hydrogens is 362 g/mol. The quantitative estimate of drug-likeness (QED) is 0.676. The highest BCUT2D eigenvalue weighted by Crippen LogP contribution is 2.35. The number of nitrogens with one attached hydrogen (secondary N) is 1. The van der Waals surface area contributed by atoms with Gasteiger partial charge in [-0.25, -0.2) is 4.79 Å². The number of thioether (sulfide) groups is 1. The van der Waals surface area contributed by atoms with Crippen LogP contribution in [0.15, 0.2) is 53.4 Å². The third kappa shape index (κ3) is 5.65. The highest BCUT2D eigenvalue weighted by atomic mass is 32.2. The van der Waals surface area contributed by atoms with Gasteiger partial charge in [0.2, 0.25) is 0 Å². The second-order valence-corrected chi connectivity index (χ2v) is 7.73. The number of hydrogen-bond acceptors (Lipinski definition) is 5. The molecule has 3 rings (SSSR count). The van der Waals surface area contributed by atoms with Gasteiger partial charge in [-0.05, 0) is 43.2 Å². The molecule has 0 amide bonds. The molecule has 0 aliphatic carbocycles. The summed E-state index contributed by atoms with van der Waals surface area (Å²) in [5.74, 6) is -0.131. The van der Waals surface area contributed by atoms with Crippen molar-refractivity contribution in [3.8, 4) is 5.75 Å². The minimum atomic E-state index is -0.933. The van der Waals surface area contributed by atoms with E-state index in [9.17, 15) is 4.79 Å². The van der Waals surface area contributed by atoms with E-state index < -0.39 is 12.1 Å². The van der Waals surface area contributed by atoms with Gasteiger partial charge < -0.3 is 19.9 Å². The molecule has 0 radical (unpaired) electrons. The molecule has 1 aliphatic rings. The van der Waals surface area contributed by atoms with Crippen LogP contribution in [0.3, 0.4) is 0 Å². The predicted molar refractivity (Wildman–Crippen MR) is 108 cm³/mol. The van der Waals surface area contributed by atoms with E-state index in [0.717, 1.165) is 24.3 Å². The molecule has 1 heterocycles. The molecule has 5 nitrogen and oxygen atoms in total. The summed E-state index contributed by atoms with van der Waals surface area (Å²) < 4.78 is 11.1. The number of carboxylic acid groups (broad SMARTS) is 1. The SMILES string of the molecule is CCOC(Cc1ccc(OCCC2CNc3ccccc3S2)cc1)C(=O)O. The Morgan fingerprint density at radius 2 is 2.04 bits per heavy atom. The average molecular weight is 388 g/mol. The minimum Gasteiger partial charge on any atom is -0.494 e. The molecule has 2 aromatic rings. The van der Waals surface area contributed by atoms with Gasteiger partial charge in [-0.3, -0.25) is 0 Å². The van der Waals surface area contributed by atoms with E-state index in [1.54, 1.807) is 6.92 Å². The van der Waals surface area contributed by atoms with Gasteiger partial charge in [0.1, 0.15) is 5.75 Å². The summed E-state index contributed by atoms with van der Waals surface area (Å²) in [7, 11) is 0. The summed E-state index contributed by atoms with van der Waals surface area (Å²) in [6.07, 6.45) is 0.507. The third-order valence-corrected chi connectivity index (χ3v) is 5.74. The Bertz CT molecular complexity index is 750. The molecule has 0 bridgehead atoms. The Balaban J connectivity index is 1.45. The molecule has 0 fully saturated rings. The first-order valence-electron chi connectivity index (χ1n) is 9.21. The lowest BCUT2D eigenvalue weighted by Crippen LogP contribution is -2.26. The van der Waals surface area contributed by atoms with E-state index in [4.69, 9.17) is 14.6 Å². The van der Waals surface area contributed by atoms with E-state index in [1.165, 1.54) is 10.6 Å². The number of carbonyl (C=O) groups is 1. The number of ether oxygens (including phenoxy) is 2. The van der Waals surface area contributed by atoms with Crippen molar-refractivity contribution in [2.45, 2.75) is 36.0 Å². The Kier molecular flexibility index (Phi) is 7.01. The van der Waals surface area contributed by atoms with Crippen molar-refractivity contribution < 1.29 is 19.4 Å². The van der Waals surface area contributed by atoms with Crippen molar-refractivity contribution in [2.24, 2.45) is 0 Å². The number of hydrogen-bond donors (Lipinski definition) is 2. The highest BCUT2D eigenvalue weighted by molar-refractivity contribution is 8.00. The molecule has 0 saturated carbocycles. The van der Waals surface area contributed by atoms with Gasteiger partial charge in [-0.2, -0.15) is 0 Å². The number of anilines is 1. The summed E-state index contributed by atoms with van der Waals surface area (Å²) in [5.41, 5.74) is 2.13. The fraction of sp³-hybridized carbons (Fsp3) is 0.381. The number of rotatable bonds is 9. The normalized spacial score (nSPS) is 16.9. The van der Waals surface area contributed by atoms with Gasteiger partial charge in [0.05, 0.1) is 6.61 Å². The predicted octanol–water partition coefficient (Wildman–Crippen LogP) is 4.07. The molecule has 27 heavy (non-hydrogen) atoms. The molecular formula is C21H25NO4S. The average Bonchev–Trinajstić information content (AvgIpc) is 2.69. The van der Waals surface area contributed by atoms with Crippen LogP contribution in [0.4, 0.5) is 5.69 Å². The van der Waals surface area contributed by atoms with Crippen LogP contribution in [0.25, 0.3) is 0 Å². The van der Waals surface area contributed by atoms with Crippen LogP contribution in [0, 0.1) is 0 Å². The monoisotopic (exact) mass is 387 g/mol. The van der Waals surface area contributed by atoms with Crippen molar-refractivity contribution >= 4 is 23.4 Å². The molecule has 1 aliphatic heterocycles. The van der Waals surface area contributed by atoms with Crippen LogP contribution >= 0.6 is 11.8 Å². The number of para-hydroxylation sites is 1. The first-order chi connectivity index (χ1) is 13.2. The standard InChI is InChI=1S/C21H25NO4S/c1-2-25-19(21(23)24)13-15-7-9-16(10-8-15)26-12-11-17-14-22-18-5-3-4-6-20(18)27-17/h3-10,17,19,22H,2,11-14H2,1H3,(H,23,24). The lowest BCUT2D eigenvalue weighted by atomic mass is 10.1. The van der Waals surface area contributed by atoms with E-state index in [1.807, 2.05) is 42.1 Å². The smallest absolute Gasteiger partial charge is 0.333 e. The Labute approximate surface area is 164 Å². The second kappa shape index (κ2) is 9.67. The van der Waals surface area contributed by atoms with Crippen molar-refractivity contribution in [2.75, 3.05) is 25.1 Å². The maximum atomic E-state index is 11.2. The molecule has 2 N–H and O–H groups in total. The molecule has 0 aromatic heterocycles. The zero-order valence-electron chi connectivity index (χ0n) is 15.4. The van der Waals surface area contributed by atoms with Gasteiger partial charge in [0.15, 0.2) is 6.10 Å². The van der Waals surface area contributed by atoms with E-state index in [-0.39, 0.29) is 0 Å². The Hall–Kier alpha value is -2.18. The molecule has 144 valence electrons. The maximum absolute atomic E-state index is 11.2. The molecule has 0 spiro atoms. The lowest BCUT2D eigenvalue weighted by molar-refractivity contribution is -0.149. The van der Waals surface area contributed by atoms with Gasteiger partial charge in [-0.1, -0.05) is 24.3 Å². The first kappa shape index (κ1) is 19.6. The first-order valence-corrected chi connectivity index (χ1v) is 10.1. The summed E-state index contributed by atoms with van der Waals surface area (Å²) >= 11 is 1.90. The third-order valence-electron chi connectivity index (χ3n) is 4.40. The Morgan fingerprint density at radius 1 is 1.26 bits per heavy atom. The largest absolute Gasteiger partial charge is 0.494 e. The van der Waals surface area contributed by atoms with Crippen molar-refractivity contribution in [1.82, 2.24) is 0 Å². The van der Waals surface area contributed by atoms with E-state index >= 15 is 0 Å². The zero-order chi connectivity index (χ0) is 19.1. The fourth-order valence-electron chi connectivity index (χ4n) is 2.98. The number of fused-ring (bicyclic) bond motifs is 1. The lowest BCUT2D eigenvalue weighted by Gasteiger charge is -2.25.